The van der Waals surface area contributed by atoms with Gasteiger partial charge < -0.3 is 9.15 Å². The number of aromatic nitrogens is 1. The van der Waals surface area contributed by atoms with E-state index in [9.17, 15) is 18.0 Å². The fourth-order valence-electron chi connectivity index (χ4n) is 2.22. The number of methoxy groups -OCH3 is 1. The van der Waals surface area contributed by atoms with Gasteiger partial charge in [-0.1, -0.05) is 23.7 Å². The Bertz CT molecular complexity index is 1130. The zero-order valence-corrected chi connectivity index (χ0v) is 14.3. The van der Waals surface area contributed by atoms with Gasteiger partial charge in [0, 0.05) is 6.07 Å². The second-order valence-corrected chi connectivity index (χ2v) is 6.99. The van der Waals surface area contributed by atoms with Crippen molar-refractivity contribution in [1.82, 2.24) is 4.98 Å². The SMILES string of the molecule is COC(=O)c1ccccc1NS(=O)(=O)c1cc2oc(=O)[nH]c2cc1Cl. The van der Waals surface area contributed by atoms with E-state index in [1.807, 2.05) is 0 Å². The molecule has 130 valence electrons. The standard InChI is InChI=1S/C15H11ClN2O6S/c1-23-14(19)8-4-2-3-5-10(8)18-25(21,22)13-7-12-11(6-9(13)16)17-15(20)24-12/h2-7,18H,1H3,(H,17,20). The van der Waals surface area contributed by atoms with E-state index in [4.69, 9.17) is 16.0 Å². The molecule has 0 spiro atoms. The van der Waals surface area contributed by atoms with Crippen LogP contribution in [0.5, 0.6) is 0 Å². The van der Waals surface area contributed by atoms with Crippen LogP contribution in [0.1, 0.15) is 10.4 Å². The molecule has 0 aliphatic rings. The van der Waals surface area contributed by atoms with Crippen LogP contribution in [0.25, 0.3) is 11.1 Å². The summed E-state index contributed by atoms with van der Waals surface area (Å²) in [5, 5.41) is -0.118. The maximum Gasteiger partial charge on any atom is 0.417 e. The molecule has 0 saturated heterocycles. The maximum absolute atomic E-state index is 12.7. The Morgan fingerprint density at radius 3 is 2.72 bits per heavy atom. The largest absolute Gasteiger partial charge is 0.465 e. The van der Waals surface area contributed by atoms with Gasteiger partial charge in [-0.25, -0.2) is 18.0 Å². The van der Waals surface area contributed by atoms with E-state index in [2.05, 4.69) is 14.4 Å². The second kappa shape index (κ2) is 6.26. The zero-order valence-electron chi connectivity index (χ0n) is 12.7. The summed E-state index contributed by atoms with van der Waals surface area (Å²) in [6.45, 7) is 0. The Morgan fingerprint density at radius 2 is 2.00 bits per heavy atom. The monoisotopic (exact) mass is 382 g/mol. The highest BCUT2D eigenvalue weighted by Crippen LogP contribution is 2.28. The number of nitrogens with one attached hydrogen (secondary N) is 2. The Morgan fingerprint density at radius 1 is 1.28 bits per heavy atom. The van der Waals surface area contributed by atoms with Crippen molar-refractivity contribution in [2.45, 2.75) is 4.90 Å². The van der Waals surface area contributed by atoms with Crippen LogP contribution in [0.15, 0.2) is 50.5 Å². The lowest BCUT2D eigenvalue weighted by molar-refractivity contribution is 0.0602. The minimum atomic E-state index is -4.16. The first-order valence-electron chi connectivity index (χ1n) is 6.84. The first-order chi connectivity index (χ1) is 11.8. The third-order valence-corrected chi connectivity index (χ3v) is 5.17. The molecule has 0 saturated carbocycles. The van der Waals surface area contributed by atoms with E-state index in [0.29, 0.717) is 0 Å². The molecule has 0 fully saturated rings. The van der Waals surface area contributed by atoms with Gasteiger partial charge in [-0.15, -0.1) is 0 Å². The number of esters is 1. The molecular formula is C15H11ClN2O6S. The van der Waals surface area contributed by atoms with Crippen molar-refractivity contribution in [3.8, 4) is 0 Å². The number of sulfonamides is 1. The smallest absolute Gasteiger partial charge is 0.417 e. The predicted octanol–water partition coefficient (Wildman–Crippen LogP) is 2.36. The van der Waals surface area contributed by atoms with E-state index in [1.165, 1.54) is 25.3 Å². The van der Waals surface area contributed by atoms with Crippen molar-refractivity contribution in [2.75, 3.05) is 11.8 Å². The summed E-state index contributed by atoms with van der Waals surface area (Å²) >= 11 is 6.02. The van der Waals surface area contributed by atoms with Gasteiger partial charge in [0.2, 0.25) is 0 Å². The first-order valence-corrected chi connectivity index (χ1v) is 8.70. The van der Waals surface area contributed by atoms with Crippen LogP contribution >= 0.6 is 11.6 Å². The number of anilines is 1. The summed E-state index contributed by atoms with van der Waals surface area (Å²) in [4.78, 5) is 25.1. The van der Waals surface area contributed by atoms with Gasteiger partial charge in [-0.05, 0) is 18.2 Å². The molecule has 0 atom stereocenters. The highest BCUT2D eigenvalue weighted by molar-refractivity contribution is 7.92. The average Bonchev–Trinajstić information content (AvgIpc) is 2.92. The molecule has 0 aliphatic carbocycles. The van der Waals surface area contributed by atoms with Crippen LogP contribution in [0, 0.1) is 0 Å². The van der Waals surface area contributed by atoms with Gasteiger partial charge in [-0.2, -0.15) is 0 Å². The van der Waals surface area contributed by atoms with Crippen LogP contribution in [0.4, 0.5) is 5.69 Å². The number of rotatable bonds is 4. The highest BCUT2D eigenvalue weighted by Gasteiger charge is 2.23. The van der Waals surface area contributed by atoms with E-state index >= 15 is 0 Å². The lowest BCUT2D eigenvalue weighted by Gasteiger charge is -2.12. The highest BCUT2D eigenvalue weighted by atomic mass is 35.5. The summed E-state index contributed by atoms with van der Waals surface area (Å²) in [5.41, 5.74) is 0.375. The van der Waals surface area contributed by atoms with Gasteiger partial charge in [0.15, 0.2) is 5.58 Å². The van der Waals surface area contributed by atoms with Crippen molar-refractivity contribution >= 4 is 44.4 Å². The van der Waals surface area contributed by atoms with Crippen molar-refractivity contribution in [2.24, 2.45) is 0 Å². The second-order valence-electron chi connectivity index (χ2n) is 4.94. The van der Waals surface area contributed by atoms with Crippen molar-refractivity contribution in [1.29, 1.82) is 0 Å². The fourth-order valence-corrected chi connectivity index (χ4v) is 3.84. The normalized spacial score (nSPS) is 11.4. The van der Waals surface area contributed by atoms with E-state index in [0.717, 1.165) is 6.07 Å². The number of aromatic amines is 1. The lowest BCUT2D eigenvalue weighted by atomic mass is 10.2. The Labute approximate surface area is 146 Å². The Balaban J connectivity index is 2.08. The number of fused-ring (bicyclic) bond motifs is 1. The van der Waals surface area contributed by atoms with E-state index in [-0.39, 0.29) is 32.3 Å². The molecule has 1 aromatic heterocycles. The van der Waals surface area contributed by atoms with Gasteiger partial charge >= 0.3 is 11.7 Å². The molecule has 2 aromatic carbocycles. The van der Waals surface area contributed by atoms with Crippen molar-refractivity contribution in [3.05, 3.63) is 57.5 Å². The third kappa shape index (κ3) is 3.24. The van der Waals surface area contributed by atoms with Crippen LogP contribution in [0.3, 0.4) is 0 Å². The van der Waals surface area contributed by atoms with Gasteiger partial charge in [-0.3, -0.25) is 9.71 Å². The number of para-hydroxylation sites is 1. The molecule has 0 bridgehead atoms. The fraction of sp³-hybridized carbons (Fsp3) is 0.0667. The summed E-state index contributed by atoms with van der Waals surface area (Å²) in [5.74, 6) is -1.43. The predicted molar refractivity (Wildman–Crippen MR) is 90.4 cm³/mol. The van der Waals surface area contributed by atoms with E-state index in [1.54, 1.807) is 12.1 Å². The molecule has 0 amide bonds. The molecule has 25 heavy (non-hydrogen) atoms. The number of halogens is 1. The lowest BCUT2D eigenvalue weighted by Crippen LogP contribution is -2.16. The number of oxazole rings is 1. The summed E-state index contributed by atoms with van der Waals surface area (Å²) < 4.78 is 37.1. The number of H-pyrrole nitrogens is 1. The average molecular weight is 383 g/mol. The molecule has 2 N–H and O–H groups in total. The molecule has 10 heteroatoms. The van der Waals surface area contributed by atoms with Crippen LogP contribution in [-0.4, -0.2) is 26.5 Å². The maximum atomic E-state index is 12.7. The van der Waals surface area contributed by atoms with Crippen LogP contribution < -0.4 is 10.5 Å². The molecule has 8 nitrogen and oxygen atoms in total. The quantitative estimate of drug-likeness (QED) is 0.668. The number of benzene rings is 2. The minimum absolute atomic E-state index is 0.0287. The number of hydrogen-bond acceptors (Lipinski definition) is 6. The van der Waals surface area contributed by atoms with Crippen LogP contribution in [-0.2, 0) is 14.8 Å². The molecule has 1 heterocycles. The summed E-state index contributed by atoms with van der Waals surface area (Å²) in [6, 6.07) is 8.34. The zero-order chi connectivity index (χ0) is 18.2. The summed E-state index contributed by atoms with van der Waals surface area (Å²) in [7, 11) is -2.97. The number of hydrogen-bond donors (Lipinski definition) is 2. The third-order valence-electron chi connectivity index (χ3n) is 3.34. The van der Waals surface area contributed by atoms with Gasteiger partial charge in [0.1, 0.15) is 4.90 Å². The molecule has 3 aromatic rings. The number of carbonyl (C=O) groups excluding carboxylic acids is 1. The molecule has 0 aliphatic heterocycles. The van der Waals surface area contributed by atoms with Gasteiger partial charge in [0.25, 0.3) is 10.0 Å². The first kappa shape index (κ1) is 17.1. The molecule has 3 rings (SSSR count). The van der Waals surface area contributed by atoms with Gasteiger partial charge in [0.05, 0.1) is 28.9 Å². The molecule has 0 radical (unpaired) electrons. The summed E-state index contributed by atoms with van der Waals surface area (Å²) in [6.07, 6.45) is 0. The minimum Gasteiger partial charge on any atom is -0.465 e. The molecule has 0 unspecified atom stereocenters. The Hall–Kier alpha value is -2.78. The van der Waals surface area contributed by atoms with Crippen molar-refractivity contribution in [3.63, 3.8) is 0 Å². The van der Waals surface area contributed by atoms with Crippen molar-refractivity contribution < 1.29 is 22.4 Å². The molecular weight excluding hydrogens is 372 g/mol. The van der Waals surface area contributed by atoms with Crippen LogP contribution in [0.2, 0.25) is 5.02 Å². The Kier molecular flexibility index (Phi) is 4.27. The van der Waals surface area contributed by atoms with E-state index < -0.39 is 21.7 Å². The number of carbonyl (C=O) groups is 1. The number of ether oxygens (including phenoxy) is 1. The topological polar surface area (TPSA) is 118 Å².